The molecule has 0 saturated heterocycles. The van der Waals surface area contributed by atoms with Gasteiger partial charge in [-0.1, -0.05) is 6.58 Å². The number of sulfone groups is 2. The van der Waals surface area contributed by atoms with E-state index in [2.05, 4.69) is 11.9 Å². The van der Waals surface area contributed by atoms with E-state index in [1.807, 2.05) is 0 Å². The highest BCUT2D eigenvalue weighted by Gasteiger charge is 2.64. The number of rotatable bonds is 7. The Balaban J connectivity index is 2.30. The highest BCUT2D eigenvalue weighted by Crippen LogP contribution is 2.55. The molecule has 1 amide bonds. The summed E-state index contributed by atoms with van der Waals surface area (Å²) in [6.07, 6.45) is -0.198. The zero-order chi connectivity index (χ0) is 23.3. The largest absolute Gasteiger partial charge is 0.498 e. The molecule has 2 rings (SSSR count). The molecule has 2 aliphatic carbocycles. The van der Waals surface area contributed by atoms with Crippen LogP contribution < -0.4 is 5.32 Å². The van der Waals surface area contributed by atoms with Gasteiger partial charge in [0.2, 0.25) is 5.91 Å². The van der Waals surface area contributed by atoms with Crippen LogP contribution in [0.5, 0.6) is 0 Å². The van der Waals surface area contributed by atoms with E-state index in [9.17, 15) is 48.0 Å². The van der Waals surface area contributed by atoms with Gasteiger partial charge in [-0.2, -0.15) is 26.3 Å². The highest BCUT2D eigenvalue weighted by molar-refractivity contribution is 8.09. The molecule has 0 heterocycles. The molecule has 14 heteroatoms. The molecule has 2 fully saturated rings. The van der Waals surface area contributed by atoms with Crippen LogP contribution in [0.15, 0.2) is 12.2 Å². The number of fused-ring (bicyclic) bond motifs is 2. The standard InChI is InChI=1S/C16H21F6NO5S2/c1-8(2)14(24)23-7-12-9-3-4-11(12)10(5-9)6-13(29(25,26)15(17,18)19)30(27,28)16(20,21)22/h9-13H,1,3-7H2,2H3,(H,23,24). The Labute approximate surface area is 169 Å². The molecule has 30 heavy (non-hydrogen) atoms. The summed E-state index contributed by atoms with van der Waals surface area (Å²) in [5.74, 6) is -2.37. The average Bonchev–Trinajstić information content (AvgIpc) is 3.11. The molecule has 1 N–H and O–H groups in total. The molecule has 0 spiro atoms. The van der Waals surface area contributed by atoms with Gasteiger partial charge in [-0.3, -0.25) is 4.79 Å². The van der Waals surface area contributed by atoms with Crippen LogP contribution in [-0.4, -0.2) is 44.9 Å². The van der Waals surface area contributed by atoms with E-state index < -0.39 is 59.4 Å². The van der Waals surface area contributed by atoms with E-state index in [4.69, 9.17) is 0 Å². The lowest BCUT2D eigenvalue weighted by atomic mass is 9.86. The molecule has 0 aromatic heterocycles. The Morgan fingerprint density at radius 2 is 1.53 bits per heavy atom. The van der Waals surface area contributed by atoms with Crippen LogP contribution in [0, 0.1) is 23.7 Å². The van der Waals surface area contributed by atoms with Gasteiger partial charge in [0.15, 0.2) is 4.58 Å². The first-order chi connectivity index (χ1) is 13.4. The third kappa shape index (κ3) is 4.48. The summed E-state index contributed by atoms with van der Waals surface area (Å²) in [6.45, 7) is 5.00. The van der Waals surface area contributed by atoms with Crippen molar-refractivity contribution in [3.05, 3.63) is 12.2 Å². The van der Waals surface area contributed by atoms with E-state index >= 15 is 0 Å². The number of hydrogen-bond acceptors (Lipinski definition) is 5. The summed E-state index contributed by atoms with van der Waals surface area (Å²) < 4.78 is 121. The van der Waals surface area contributed by atoms with Crippen LogP contribution >= 0.6 is 0 Å². The lowest BCUT2D eigenvalue weighted by Gasteiger charge is -2.28. The fraction of sp³-hybridized carbons (Fsp3) is 0.812. The fourth-order valence-electron chi connectivity index (χ4n) is 4.54. The number of alkyl halides is 6. The summed E-state index contributed by atoms with van der Waals surface area (Å²) in [4.78, 5) is 11.7. The minimum absolute atomic E-state index is 0.0928. The second-order valence-electron chi connectivity index (χ2n) is 7.80. The molecular weight excluding hydrogens is 464 g/mol. The van der Waals surface area contributed by atoms with E-state index in [1.165, 1.54) is 6.92 Å². The molecule has 0 aliphatic heterocycles. The summed E-state index contributed by atoms with van der Waals surface area (Å²) >= 11 is 0. The highest BCUT2D eigenvalue weighted by atomic mass is 32.3. The maximum Gasteiger partial charge on any atom is 0.498 e. The third-order valence-electron chi connectivity index (χ3n) is 5.96. The number of nitrogens with one attached hydrogen (secondary N) is 1. The van der Waals surface area contributed by atoms with Gasteiger partial charge in [0.1, 0.15) is 0 Å². The first-order valence-electron chi connectivity index (χ1n) is 8.95. The van der Waals surface area contributed by atoms with Crippen LogP contribution in [0.3, 0.4) is 0 Å². The molecule has 6 nitrogen and oxygen atoms in total. The molecule has 0 aromatic carbocycles. The Morgan fingerprint density at radius 1 is 1.03 bits per heavy atom. The van der Waals surface area contributed by atoms with Gasteiger partial charge in [-0.05, 0) is 56.3 Å². The van der Waals surface area contributed by atoms with E-state index in [-0.39, 0.29) is 30.4 Å². The molecule has 0 radical (unpaired) electrons. The van der Waals surface area contributed by atoms with Crippen molar-refractivity contribution in [2.24, 2.45) is 23.7 Å². The van der Waals surface area contributed by atoms with Crippen LogP contribution in [0.1, 0.15) is 32.6 Å². The monoisotopic (exact) mass is 485 g/mol. The molecule has 2 saturated carbocycles. The number of carbonyl (C=O) groups excluding carboxylic acids is 1. The maximum atomic E-state index is 13.0. The molecule has 174 valence electrons. The van der Waals surface area contributed by atoms with E-state index in [0.717, 1.165) is 0 Å². The first-order valence-corrected chi connectivity index (χ1v) is 12.0. The van der Waals surface area contributed by atoms with Crippen LogP contribution in [0.25, 0.3) is 0 Å². The fourth-order valence-corrected chi connectivity index (χ4v) is 8.13. The van der Waals surface area contributed by atoms with Crippen molar-refractivity contribution in [1.82, 2.24) is 5.32 Å². The van der Waals surface area contributed by atoms with Crippen LogP contribution in [-0.2, 0) is 24.5 Å². The Morgan fingerprint density at radius 3 is 1.97 bits per heavy atom. The van der Waals surface area contributed by atoms with Gasteiger partial charge in [-0.15, -0.1) is 0 Å². The van der Waals surface area contributed by atoms with Crippen molar-refractivity contribution in [3.8, 4) is 0 Å². The average molecular weight is 485 g/mol. The topological polar surface area (TPSA) is 97.4 Å². The summed E-state index contributed by atoms with van der Waals surface area (Å²) in [5, 5.41) is 2.57. The van der Waals surface area contributed by atoms with Gasteiger partial charge in [0.25, 0.3) is 19.7 Å². The van der Waals surface area contributed by atoms with E-state index in [1.54, 1.807) is 0 Å². The predicted molar refractivity (Wildman–Crippen MR) is 94.0 cm³/mol. The third-order valence-corrected chi connectivity index (χ3v) is 10.5. The first kappa shape index (κ1) is 25.0. The van der Waals surface area contributed by atoms with Crippen molar-refractivity contribution in [2.75, 3.05) is 6.54 Å². The number of carbonyl (C=O) groups is 1. The summed E-state index contributed by atoms with van der Waals surface area (Å²) in [7, 11) is -13.3. The minimum Gasteiger partial charge on any atom is -0.352 e. The second-order valence-corrected chi connectivity index (χ2v) is 12.3. The van der Waals surface area contributed by atoms with Crippen molar-refractivity contribution in [3.63, 3.8) is 0 Å². The van der Waals surface area contributed by atoms with Crippen LogP contribution in [0.4, 0.5) is 26.3 Å². The normalized spacial score (nSPS) is 27.5. The second kappa shape index (κ2) is 7.99. The van der Waals surface area contributed by atoms with Crippen LogP contribution in [0.2, 0.25) is 0 Å². The van der Waals surface area contributed by atoms with Crippen molar-refractivity contribution in [2.45, 2.75) is 48.2 Å². The van der Waals surface area contributed by atoms with Gasteiger partial charge in [0.05, 0.1) is 0 Å². The van der Waals surface area contributed by atoms with Gasteiger partial charge in [-0.25, -0.2) is 16.8 Å². The number of amides is 1. The van der Waals surface area contributed by atoms with Crippen molar-refractivity contribution >= 4 is 25.6 Å². The quantitative estimate of drug-likeness (QED) is 0.442. The smallest absolute Gasteiger partial charge is 0.352 e. The lowest BCUT2D eigenvalue weighted by Crippen LogP contribution is -2.46. The Hall–Kier alpha value is -1.31. The SMILES string of the molecule is C=C(C)C(=O)NCC1C2CCC1C(CC(S(=O)(=O)C(F)(F)F)S(=O)(=O)C(F)(F)F)C2. The molecule has 2 bridgehead atoms. The molecular formula is C16H21F6NO5S2. The Kier molecular flexibility index (Phi) is 6.65. The van der Waals surface area contributed by atoms with Gasteiger partial charge < -0.3 is 5.32 Å². The number of halogens is 6. The Bertz CT molecular complexity index is 865. The summed E-state index contributed by atoms with van der Waals surface area (Å²) in [5.41, 5.74) is -12.1. The maximum absolute atomic E-state index is 13.0. The molecule has 0 aromatic rings. The van der Waals surface area contributed by atoms with Gasteiger partial charge in [0, 0.05) is 12.1 Å². The van der Waals surface area contributed by atoms with Crippen molar-refractivity contribution < 1.29 is 48.0 Å². The van der Waals surface area contributed by atoms with E-state index in [0.29, 0.717) is 12.8 Å². The minimum atomic E-state index is -6.63. The van der Waals surface area contributed by atoms with Gasteiger partial charge >= 0.3 is 11.0 Å². The number of hydrogen-bond donors (Lipinski definition) is 1. The van der Waals surface area contributed by atoms with Crippen molar-refractivity contribution in [1.29, 1.82) is 0 Å². The molecule has 4 atom stereocenters. The summed E-state index contributed by atoms with van der Waals surface area (Å²) in [6, 6.07) is 0. The lowest BCUT2D eigenvalue weighted by molar-refractivity contribution is -0.117. The predicted octanol–water partition coefficient (Wildman–Crippen LogP) is 2.93. The zero-order valence-electron chi connectivity index (χ0n) is 15.8. The molecule has 2 aliphatic rings. The molecule has 4 unspecified atom stereocenters. The zero-order valence-corrected chi connectivity index (χ0v) is 17.4.